The molecule has 7 nitrogen and oxygen atoms in total. The summed E-state index contributed by atoms with van der Waals surface area (Å²) in [6.07, 6.45) is 1.22. The first-order chi connectivity index (χ1) is 17.8. The Morgan fingerprint density at radius 2 is 1.63 bits per heavy atom. The number of pyridine rings is 1. The summed E-state index contributed by atoms with van der Waals surface area (Å²) in [4.78, 5) is 28.5. The van der Waals surface area contributed by atoms with Crippen molar-refractivity contribution in [1.82, 2.24) is 4.57 Å². The predicted molar refractivity (Wildman–Crippen MR) is 153 cm³/mol. The van der Waals surface area contributed by atoms with Gasteiger partial charge in [-0.1, -0.05) is 64.4 Å². The number of nitrogens with zero attached hydrogens (tertiary/aromatic N) is 2. The van der Waals surface area contributed by atoms with Crippen molar-refractivity contribution in [3.05, 3.63) is 64.4 Å². The van der Waals surface area contributed by atoms with Crippen LogP contribution < -0.4 is 19.9 Å². The van der Waals surface area contributed by atoms with Crippen LogP contribution in [0.25, 0.3) is 10.8 Å². The van der Waals surface area contributed by atoms with E-state index in [1.807, 2.05) is 57.2 Å². The van der Waals surface area contributed by atoms with Crippen LogP contribution in [0.2, 0.25) is 0 Å². The second-order valence-corrected chi connectivity index (χ2v) is 11.8. The smallest absolute Gasteiger partial charge is 0.415 e. The van der Waals surface area contributed by atoms with Crippen LogP contribution in [0, 0.1) is 5.41 Å². The molecule has 1 heterocycles. The van der Waals surface area contributed by atoms with E-state index in [0.717, 1.165) is 18.4 Å². The van der Waals surface area contributed by atoms with Crippen LogP contribution in [-0.2, 0) is 17.9 Å². The van der Waals surface area contributed by atoms with Crippen LogP contribution in [0.1, 0.15) is 66.9 Å². The quantitative estimate of drug-likeness (QED) is 0.279. The summed E-state index contributed by atoms with van der Waals surface area (Å²) in [7, 11) is 1.62. The van der Waals surface area contributed by atoms with Crippen LogP contribution in [-0.4, -0.2) is 29.9 Å². The van der Waals surface area contributed by atoms with Gasteiger partial charge in [0.1, 0.15) is 18.0 Å². The van der Waals surface area contributed by atoms with E-state index in [9.17, 15) is 9.59 Å². The summed E-state index contributed by atoms with van der Waals surface area (Å²) in [6.45, 7) is 14.9. The van der Waals surface area contributed by atoms with Crippen LogP contribution in [0.3, 0.4) is 0 Å². The van der Waals surface area contributed by atoms with Crippen LogP contribution in [0.15, 0.2) is 53.3 Å². The average molecular weight is 523 g/mol. The number of rotatable bonds is 9. The monoisotopic (exact) mass is 522 g/mol. The van der Waals surface area contributed by atoms with Gasteiger partial charge in [0.2, 0.25) is 0 Å². The number of carbonyl (C=O) groups is 1. The van der Waals surface area contributed by atoms with E-state index in [-0.39, 0.29) is 11.0 Å². The van der Waals surface area contributed by atoms with E-state index in [4.69, 9.17) is 14.2 Å². The third-order valence-corrected chi connectivity index (χ3v) is 5.78. The van der Waals surface area contributed by atoms with E-state index >= 15 is 0 Å². The number of hydrogen-bond acceptors (Lipinski definition) is 5. The first-order valence-corrected chi connectivity index (χ1v) is 13.3. The zero-order valence-electron chi connectivity index (χ0n) is 24.1. The lowest BCUT2D eigenvalue weighted by Crippen LogP contribution is -2.39. The maximum Gasteiger partial charge on any atom is 0.415 e. The molecule has 1 aromatic heterocycles. The van der Waals surface area contributed by atoms with Crippen molar-refractivity contribution in [3.8, 4) is 11.5 Å². The summed E-state index contributed by atoms with van der Waals surface area (Å²) in [5.74, 6) is 1.46. The Labute approximate surface area is 226 Å². The first-order valence-electron chi connectivity index (χ1n) is 13.3. The lowest BCUT2D eigenvalue weighted by molar-refractivity contribution is 0.0585. The van der Waals surface area contributed by atoms with Gasteiger partial charge in [-0.3, -0.25) is 14.3 Å². The average Bonchev–Trinajstić information content (AvgIpc) is 2.83. The highest BCUT2D eigenvalue weighted by Crippen LogP contribution is 2.38. The molecule has 0 spiro atoms. The van der Waals surface area contributed by atoms with Gasteiger partial charge in [-0.2, -0.15) is 0 Å². The molecule has 0 aliphatic rings. The van der Waals surface area contributed by atoms with E-state index < -0.39 is 11.7 Å². The first kappa shape index (κ1) is 29.1. The number of fused-ring (bicyclic) bond motifs is 1. The molecule has 0 fully saturated rings. The number of amides is 1. The summed E-state index contributed by atoms with van der Waals surface area (Å²) >= 11 is 0. The van der Waals surface area contributed by atoms with Crippen LogP contribution in [0.4, 0.5) is 10.6 Å². The molecule has 0 unspecified atom stereocenters. The number of hydrogen-bond donors (Lipinski definition) is 0. The van der Waals surface area contributed by atoms with Gasteiger partial charge >= 0.3 is 6.09 Å². The number of anilines is 1. The second kappa shape index (κ2) is 11.9. The molecular formula is C31H42N2O5. The molecule has 0 atom stereocenters. The summed E-state index contributed by atoms with van der Waals surface area (Å²) < 4.78 is 19.7. The molecule has 0 saturated carbocycles. The van der Waals surface area contributed by atoms with Crippen molar-refractivity contribution in [2.75, 3.05) is 18.6 Å². The minimum absolute atomic E-state index is 0.196. The van der Waals surface area contributed by atoms with Gasteiger partial charge in [-0.25, -0.2) is 4.79 Å². The molecule has 206 valence electrons. The Bertz CT molecular complexity index is 1300. The summed E-state index contributed by atoms with van der Waals surface area (Å²) in [5.41, 5.74) is -0.0878. The highest BCUT2D eigenvalue weighted by atomic mass is 16.6. The molecule has 0 aliphatic heterocycles. The van der Waals surface area contributed by atoms with Gasteiger partial charge in [-0.15, -0.1) is 0 Å². The van der Waals surface area contributed by atoms with Gasteiger partial charge in [-0.05, 0) is 56.4 Å². The number of benzene rings is 2. The summed E-state index contributed by atoms with van der Waals surface area (Å²) in [5, 5.41) is 1.11. The van der Waals surface area contributed by atoms with Crippen molar-refractivity contribution in [3.63, 3.8) is 0 Å². The highest BCUT2D eigenvalue weighted by Gasteiger charge is 2.29. The lowest BCUT2D eigenvalue weighted by atomic mass is 9.96. The number of carbonyl (C=O) groups excluding carboxylic acids is 1. The van der Waals surface area contributed by atoms with Crippen molar-refractivity contribution >= 4 is 22.7 Å². The molecule has 3 aromatic rings. The van der Waals surface area contributed by atoms with Crippen molar-refractivity contribution in [1.29, 1.82) is 0 Å². The topological polar surface area (TPSA) is 70.0 Å². The van der Waals surface area contributed by atoms with Gasteiger partial charge < -0.3 is 14.2 Å². The Hall–Kier alpha value is -3.48. The summed E-state index contributed by atoms with van der Waals surface area (Å²) in [6, 6.07) is 15.3. The third kappa shape index (κ3) is 7.53. The highest BCUT2D eigenvalue weighted by molar-refractivity contribution is 5.97. The predicted octanol–water partition coefficient (Wildman–Crippen LogP) is 7.18. The SMILES string of the molecule is CCCCOc1c(N(C)C(=O)OC(C)(C)C)n(CC(C)(C)C)c(=O)c2ccc(OCc3ccccc3)cc12. The molecule has 7 heteroatoms. The minimum Gasteiger partial charge on any atom is -0.489 e. The van der Waals surface area contributed by atoms with E-state index in [1.54, 1.807) is 23.7 Å². The normalized spacial score (nSPS) is 11.9. The van der Waals surface area contributed by atoms with Gasteiger partial charge in [0.05, 0.1) is 12.0 Å². The second-order valence-electron chi connectivity index (χ2n) is 11.8. The minimum atomic E-state index is -0.695. The van der Waals surface area contributed by atoms with E-state index in [2.05, 4.69) is 27.7 Å². The molecule has 38 heavy (non-hydrogen) atoms. The lowest BCUT2D eigenvalue weighted by Gasteiger charge is -2.30. The van der Waals surface area contributed by atoms with Crippen LogP contribution >= 0.6 is 0 Å². The maximum absolute atomic E-state index is 13.9. The Balaban J connectivity index is 2.22. The van der Waals surface area contributed by atoms with Crippen LogP contribution in [0.5, 0.6) is 11.5 Å². The molecular weight excluding hydrogens is 480 g/mol. The standard InChI is InChI=1S/C31H42N2O5/c1-9-10-18-36-26-25-19-23(37-20-22-14-12-11-13-15-22)16-17-24(25)28(34)33(21-30(2,3)4)27(26)32(8)29(35)38-31(5,6)7/h11-17,19H,9-10,18,20-21H2,1-8H3. The largest absolute Gasteiger partial charge is 0.489 e. The third-order valence-electron chi connectivity index (χ3n) is 5.78. The maximum atomic E-state index is 13.9. The number of ether oxygens (including phenoxy) is 3. The van der Waals surface area contributed by atoms with Gasteiger partial charge in [0.25, 0.3) is 5.56 Å². The van der Waals surface area contributed by atoms with Crippen molar-refractivity contribution in [2.24, 2.45) is 5.41 Å². The molecule has 0 radical (unpaired) electrons. The van der Waals surface area contributed by atoms with Gasteiger partial charge in [0.15, 0.2) is 11.6 Å². The molecule has 0 bridgehead atoms. The molecule has 0 aliphatic carbocycles. The fraction of sp³-hybridized carbons (Fsp3) is 0.484. The molecule has 0 saturated heterocycles. The van der Waals surface area contributed by atoms with E-state index in [1.165, 1.54) is 4.90 Å². The van der Waals surface area contributed by atoms with Crippen molar-refractivity contribution < 1.29 is 19.0 Å². The molecule has 3 rings (SSSR count). The Kier molecular flexibility index (Phi) is 9.13. The number of unbranched alkanes of at least 4 members (excludes halogenated alkanes) is 1. The Morgan fingerprint density at radius 3 is 2.24 bits per heavy atom. The Morgan fingerprint density at radius 1 is 0.947 bits per heavy atom. The zero-order chi connectivity index (χ0) is 28.1. The fourth-order valence-electron chi connectivity index (χ4n) is 4.05. The number of aromatic nitrogens is 1. The fourth-order valence-corrected chi connectivity index (χ4v) is 4.05. The van der Waals surface area contributed by atoms with Crippen molar-refractivity contribution in [2.45, 2.75) is 80.1 Å². The van der Waals surface area contributed by atoms with Gasteiger partial charge in [0, 0.05) is 19.0 Å². The zero-order valence-corrected chi connectivity index (χ0v) is 24.1. The molecule has 1 amide bonds. The van der Waals surface area contributed by atoms with E-state index in [0.29, 0.717) is 47.8 Å². The molecule has 2 aromatic carbocycles. The molecule has 0 N–H and O–H groups in total.